The van der Waals surface area contributed by atoms with Gasteiger partial charge in [0.1, 0.15) is 0 Å². The second kappa shape index (κ2) is 3.35. The van der Waals surface area contributed by atoms with Crippen LogP contribution in [0.2, 0.25) is 0 Å². The molecule has 2 aromatic rings. The first kappa shape index (κ1) is 10.2. The number of hydrogen-bond acceptors (Lipinski definition) is 2. The van der Waals surface area contributed by atoms with Crippen LogP contribution in [0.4, 0.5) is 0 Å². The average molecular weight is 203 g/mol. The molecule has 0 fully saturated rings. The van der Waals surface area contributed by atoms with Crippen molar-refractivity contribution in [3.05, 3.63) is 30.0 Å². The first-order valence-electron chi connectivity index (χ1n) is 5.17. The summed E-state index contributed by atoms with van der Waals surface area (Å²) in [5.74, 6) is 0. The fraction of sp³-hybridized carbons (Fsp3) is 0.417. The lowest BCUT2D eigenvalue weighted by molar-refractivity contribution is 0.429. The van der Waals surface area contributed by atoms with Crippen molar-refractivity contribution in [1.29, 1.82) is 0 Å². The summed E-state index contributed by atoms with van der Waals surface area (Å²) in [6.45, 7) is 4.28. The van der Waals surface area contributed by atoms with Crippen LogP contribution >= 0.6 is 0 Å². The van der Waals surface area contributed by atoms with E-state index in [1.807, 2.05) is 24.8 Å². The maximum absolute atomic E-state index is 4.59. The van der Waals surface area contributed by atoms with E-state index in [1.165, 1.54) is 10.9 Å². The lowest BCUT2D eigenvalue weighted by atomic mass is 9.98. The lowest BCUT2D eigenvalue weighted by Gasteiger charge is -2.21. The normalized spacial score (nSPS) is 12.3. The third kappa shape index (κ3) is 1.53. The number of para-hydroxylation sites is 1. The minimum Gasteiger partial charge on any atom is -0.310 e. The molecule has 1 aromatic carbocycles. The van der Waals surface area contributed by atoms with Gasteiger partial charge < -0.3 is 5.32 Å². The molecule has 0 atom stereocenters. The SMILES string of the molecule is CNC(C)(C)c1nn(C)c2ccccc12. The Morgan fingerprint density at radius 1 is 1.27 bits per heavy atom. The fourth-order valence-electron chi connectivity index (χ4n) is 1.79. The van der Waals surface area contributed by atoms with Crippen molar-refractivity contribution in [2.45, 2.75) is 19.4 Å². The Morgan fingerprint density at radius 3 is 2.60 bits per heavy atom. The predicted octanol–water partition coefficient (Wildman–Crippen LogP) is 2.03. The van der Waals surface area contributed by atoms with Gasteiger partial charge in [0.2, 0.25) is 0 Å². The molecule has 80 valence electrons. The first-order valence-corrected chi connectivity index (χ1v) is 5.17. The zero-order valence-electron chi connectivity index (χ0n) is 9.70. The van der Waals surface area contributed by atoms with Crippen LogP contribution in [0.15, 0.2) is 24.3 Å². The topological polar surface area (TPSA) is 29.9 Å². The maximum Gasteiger partial charge on any atom is 0.0898 e. The van der Waals surface area contributed by atoms with Crippen molar-refractivity contribution in [3.8, 4) is 0 Å². The molecule has 1 heterocycles. The summed E-state index contributed by atoms with van der Waals surface area (Å²) in [5, 5.41) is 9.10. The van der Waals surface area contributed by atoms with Crippen molar-refractivity contribution >= 4 is 10.9 Å². The number of fused-ring (bicyclic) bond motifs is 1. The van der Waals surface area contributed by atoms with Crippen molar-refractivity contribution in [3.63, 3.8) is 0 Å². The summed E-state index contributed by atoms with van der Waals surface area (Å²) in [6, 6.07) is 8.31. The van der Waals surface area contributed by atoms with Crippen LogP contribution < -0.4 is 5.32 Å². The van der Waals surface area contributed by atoms with Crippen LogP contribution in [0.1, 0.15) is 19.5 Å². The third-order valence-electron chi connectivity index (χ3n) is 2.97. The Kier molecular flexibility index (Phi) is 2.27. The average Bonchev–Trinajstić information content (AvgIpc) is 2.58. The zero-order valence-corrected chi connectivity index (χ0v) is 9.70. The standard InChI is InChI=1S/C12H17N3/c1-12(2,13-3)11-9-7-5-6-8-10(9)15(4)14-11/h5-8,13H,1-4H3. The highest BCUT2D eigenvalue weighted by molar-refractivity contribution is 5.82. The summed E-state index contributed by atoms with van der Waals surface area (Å²) < 4.78 is 1.93. The highest BCUT2D eigenvalue weighted by Gasteiger charge is 2.24. The minimum absolute atomic E-state index is 0.0964. The van der Waals surface area contributed by atoms with E-state index < -0.39 is 0 Å². The second-order valence-corrected chi connectivity index (χ2v) is 4.36. The molecule has 0 spiro atoms. The molecule has 1 aromatic heterocycles. The fourth-order valence-corrected chi connectivity index (χ4v) is 1.79. The van der Waals surface area contributed by atoms with Gasteiger partial charge in [0.25, 0.3) is 0 Å². The maximum atomic E-state index is 4.59. The highest BCUT2D eigenvalue weighted by Crippen LogP contribution is 2.26. The van der Waals surface area contributed by atoms with Crippen molar-refractivity contribution in [2.24, 2.45) is 7.05 Å². The Balaban J connectivity index is 2.72. The quantitative estimate of drug-likeness (QED) is 0.809. The Bertz CT molecular complexity index is 483. The van der Waals surface area contributed by atoms with E-state index in [2.05, 4.69) is 42.5 Å². The molecule has 3 nitrogen and oxygen atoms in total. The molecule has 15 heavy (non-hydrogen) atoms. The number of nitrogens with one attached hydrogen (secondary N) is 1. The van der Waals surface area contributed by atoms with E-state index in [9.17, 15) is 0 Å². The zero-order chi connectivity index (χ0) is 11.1. The molecule has 3 heteroatoms. The van der Waals surface area contributed by atoms with Gasteiger partial charge in [-0.15, -0.1) is 0 Å². The molecule has 0 aliphatic rings. The molecule has 0 aliphatic carbocycles. The predicted molar refractivity (Wildman–Crippen MR) is 62.8 cm³/mol. The molecular formula is C12H17N3. The molecule has 0 unspecified atom stereocenters. The molecule has 0 bridgehead atoms. The molecule has 0 amide bonds. The molecule has 0 aliphatic heterocycles. The van der Waals surface area contributed by atoms with Gasteiger partial charge in [-0.05, 0) is 27.0 Å². The molecule has 2 rings (SSSR count). The highest BCUT2D eigenvalue weighted by atomic mass is 15.3. The number of nitrogens with zero attached hydrogens (tertiary/aromatic N) is 2. The van der Waals surface area contributed by atoms with Crippen LogP contribution in [0.25, 0.3) is 10.9 Å². The Hall–Kier alpha value is -1.35. The smallest absolute Gasteiger partial charge is 0.0898 e. The second-order valence-electron chi connectivity index (χ2n) is 4.36. The van der Waals surface area contributed by atoms with Gasteiger partial charge in [-0.2, -0.15) is 5.10 Å². The lowest BCUT2D eigenvalue weighted by Crippen LogP contribution is -2.33. The van der Waals surface area contributed by atoms with Gasteiger partial charge in [0.05, 0.1) is 16.7 Å². The first-order chi connectivity index (χ1) is 7.06. The number of benzene rings is 1. The number of rotatable bonds is 2. The third-order valence-corrected chi connectivity index (χ3v) is 2.97. The van der Waals surface area contributed by atoms with E-state index in [4.69, 9.17) is 0 Å². The summed E-state index contributed by atoms with van der Waals surface area (Å²) in [6.07, 6.45) is 0. The summed E-state index contributed by atoms with van der Waals surface area (Å²) in [4.78, 5) is 0. The summed E-state index contributed by atoms with van der Waals surface area (Å²) in [5.41, 5.74) is 2.18. The van der Waals surface area contributed by atoms with Crippen LogP contribution in [0.5, 0.6) is 0 Å². The largest absolute Gasteiger partial charge is 0.310 e. The molecule has 0 radical (unpaired) electrons. The summed E-state index contributed by atoms with van der Waals surface area (Å²) in [7, 11) is 3.95. The van der Waals surface area contributed by atoms with Gasteiger partial charge in [-0.25, -0.2) is 0 Å². The number of aryl methyl sites for hydroxylation is 1. The minimum atomic E-state index is -0.0964. The molecule has 0 saturated heterocycles. The number of aromatic nitrogens is 2. The monoisotopic (exact) mass is 203 g/mol. The van der Waals surface area contributed by atoms with Crippen molar-refractivity contribution in [2.75, 3.05) is 7.05 Å². The van der Waals surface area contributed by atoms with E-state index in [0.717, 1.165) is 5.69 Å². The van der Waals surface area contributed by atoms with Crippen LogP contribution in [0, 0.1) is 0 Å². The Morgan fingerprint density at radius 2 is 1.93 bits per heavy atom. The van der Waals surface area contributed by atoms with Crippen molar-refractivity contribution in [1.82, 2.24) is 15.1 Å². The van der Waals surface area contributed by atoms with E-state index in [1.54, 1.807) is 0 Å². The van der Waals surface area contributed by atoms with Gasteiger partial charge >= 0.3 is 0 Å². The van der Waals surface area contributed by atoms with Crippen molar-refractivity contribution < 1.29 is 0 Å². The molecule has 1 N–H and O–H groups in total. The van der Waals surface area contributed by atoms with Crippen LogP contribution in [-0.2, 0) is 12.6 Å². The number of hydrogen-bond donors (Lipinski definition) is 1. The van der Waals surface area contributed by atoms with E-state index in [0.29, 0.717) is 0 Å². The van der Waals surface area contributed by atoms with E-state index in [-0.39, 0.29) is 5.54 Å². The van der Waals surface area contributed by atoms with Gasteiger partial charge in [-0.1, -0.05) is 18.2 Å². The van der Waals surface area contributed by atoms with Gasteiger partial charge in [-0.3, -0.25) is 4.68 Å². The van der Waals surface area contributed by atoms with E-state index >= 15 is 0 Å². The Labute approximate surface area is 90.1 Å². The van der Waals surface area contributed by atoms with Gasteiger partial charge in [0, 0.05) is 12.4 Å². The van der Waals surface area contributed by atoms with Crippen LogP contribution in [0.3, 0.4) is 0 Å². The van der Waals surface area contributed by atoms with Crippen LogP contribution in [-0.4, -0.2) is 16.8 Å². The summed E-state index contributed by atoms with van der Waals surface area (Å²) >= 11 is 0. The molecule has 0 saturated carbocycles. The molecular weight excluding hydrogens is 186 g/mol. The van der Waals surface area contributed by atoms with Gasteiger partial charge in [0.15, 0.2) is 0 Å².